The van der Waals surface area contributed by atoms with Crippen molar-refractivity contribution in [2.75, 3.05) is 15.9 Å². The Morgan fingerprint density at radius 3 is 2.00 bits per heavy atom. The fourth-order valence-electron chi connectivity index (χ4n) is 3.79. The Hall–Kier alpha value is -3.71. The third-order valence-corrected chi connectivity index (χ3v) is 5.73. The molecule has 32 heavy (non-hydrogen) atoms. The fraction of sp³-hybridized carbons (Fsp3) is 0.120. The van der Waals surface area contributed by atoms with E-state index in [-0.39, 0.29) is 6.04 Å². The van der Waals surface area contributed by atoms with Gasteiger partial charge in [0.15, 0.2) is 0 Å². The van der Waals surface area contributed by atoms with E-state index in [4.69, 9.17) is 0 Å². The molecule has 6 nitrogen and oxygen atoms in total. The van der Waals surface area contributed by atoms with Crippen LogP contribution in [0.1, 0.15) is 18.5 Å². The van der Waals surface area contributed by atoms with Crippen molar-refractivity contribution in [2.45, 2.75) is 13.0 Å². The molecule has 4 aromatic rings. The molecule has 0 radical (unpaired) electrons. The molecule has 1 atom stereocenters. The zero-order valence-corrected chi connectivity index (χ0v) is 18.7. The van der Waals surface area contributed by atoms with Gasteiger partial charge in [-0.2, -0.15) is 0 Å². The molecule has 0 spiro atoms. The van der Waals surface area contributed by atoms with E-state index in [9.17, 15) is 8.42 Å². The summed E-state index contributed by atoms with van der Waals surface area (Å²) in [5, 5.41) is 0. The molecule has 0 amide bonds. The Labute approximate surface area is 188 Å². The summed E-state index contributed by atoms with van der Waals surface area (Å²) in [5.41, 5.74) is 5.39. The Morgan fingerprint density at radius 2 is 1.47 bits per heavy atom. The lowest BCUT2D eigenvalue weighted by molar-refractivity contribution is 0.607. The third-order valence-electron chi connectivity index (χ3n) is 5.13. The lowest BCUT2D eigenvalue weighted by Crippen LogP contribution is -2.22. The minimum absolute atomic E-state index is 0.153. The van der Waals surface area contributed by atoms with Crippen molar-refractivity contribution in [3.63, 3.8) is 0 Å². The zero-order valence-electron chi connectivity index (χ0n) is 17.9. The summed E-state index contributed by atoms with van der Waals surface area (Å²) in [6.45, 7) is 2.09. The number of pyridine rings is 2. The molecule has 2 aromatic carbocycles. The van der Waals surface area contributed by atoms with Crippen LogP contribution in [0, 0.1) is 0 Å². The minimum Gasteiger partial charge on any atom is -0.332 e. The number of anilines is 3. The number of hydrogen-bond donors (Lipinski definition) is 1. The van der Waals surface area contributed by atoms with Crippen LogP contribution in [0.3, 0.4) is 0 Å². The van der Waals surface area contributed by atoms with Crippen LogP contribution in [0.15, 0.2) is 97.6 Å². The first-order chi connectivity index (χ1) is 15.4. The van der Waals surface area contributed by atoms with Crippen molar-refractivity contribution in [1.82, 2.24) is 9.97 Å². The van der Waals surface area contributed by atoms with Crippen LogP contribution in [-0.2, 0) is 10.0 Å². The first kappa shape index (κ1) is 21.5. The minimum atomic E-state index is -3.41. The van der Waals surface area contributed by atoms with Crippen molar-refractivity contribution in [3.05, 3.63) is 103 Å². The molecule has 7 heteroatoms. The smallest absolute Gasteiger partial charge is 0.229 e. The van der Waals surface area contributed by atoms with Gasteiger partial charge in [-0.15, -0.1) is 0 Å². The SMILES string of the molecule is CC(c1cc(NS(C)(=O)=O)ccc1-c1ccccc1)N(c1cccnc1)c1cccnc1. The van der Waals surface area contributed by atoms with Gasteiger partial charge in [-0.25, -0.2) is 8.42 Å². The molecule has 162 valence electrons. The predicted molar refractivity (Wildman–Crippen MR) is 129 cm³/mol. The summed E-state index contributed by atoms with van der Waals surface area (Å²) >= 11 is 0. The lowest BCUT2D eigenvalue weighted by atomic mass is 9.93. The van der Waals surface area contributed by atoms with Crippen LogP contribution >= 0.6 is 0 Å². The van der Waals surface area contributed by atoms with Crippen LogP contribution in [0.2, 0.25) is 0 Å². The van der Waals surface area contributed by atoms with Crippen LogP contribution in [-0.4, -0.2) is 24.6 Å². The van der Waals surface area contributed by atoms with Crippen LogP contribution in [0.5, 0.6) is 0 Å². The third kappa shape index (κ3) is 4.95. The first-order valence-corrected chi connectivity index (χ1v) is 12.1. The summed E-state index contributed by atoms with van der Waals surface area (Å²) < 4.78 is 26.4. The quantitative estimate of drug-likeness (QED) is 0.412. The van der Waals surface area contributed by atoms with E-state index >= 15 is 0 Å². The Bertz CT molecular complexity index is 1240. The lowest BCUT2D eigenvalue weighted by Gasteiger charge is -2.32. The summed E-state index contributed by atoms with van der Waals surface area (Å²) in [4.78, 5) is 10.7. The van der Waals surface area contributed by atoms with E-state index in [0.717, 1.165) is 34.3 Å². The second kappa shape index (κ2) is 9.20. The molecule has 0 aliphatic rings. The van der Waals surface area contributed by atoms with E-state index in [1.807, 2.05) is 79.1 Å². The van der Waals surface area contributed by atoms with Gasteiger partial charge in [0.2, 0.25) is 10.0 Å². The van der Waals surface area contributed by atoms with Gasteiger partial charge < -0.3 is 4.90 Å². The van der Waals surface area contributed by atoms with Gasteiger partial charge in [-0.05, 0) is 60.0 Å². The molecular weight excluding hydrogens is 420 g/mol. The number of aromatic nitrogens is 2. The number of rotatable bonds is 7. The van der Waals surface area contributed by atoms with Crippen molar-refractivity contribution in [1.29, 1.82) is 0 Å². The number of nitrogens with zero attached hydrogens (tertiary/aromatic N) is 3. The van der Waals surface area contributed by atoms with Crippen LogP contribution in [0.4, 0.5) is 17.1 Å². The molecule has 0 aliphatic carbocycles. The number of hydrogen-bond acceptors (Lipinski definition) is 5. The zero-order chi connectivity index (χ0) is 22.6. The molecule has 4 rings (SSSR count). The Kier molecular flexibility index (Phi) is 6.18. The monoisotopic (exact) mass is 444 g/mol. The molecule has 0 saturated heterocycles. The molecule has 0 bridgehead atoms. The van der Waals surface area contributed by atoms with Crippen LogP contribution < -0.4 is 9.62 Å². The highest BCUT2D eigenvalue weighted by Crippen LogP contribution is 2.39. The summed E-state index contributed by atoms with van der Waals surface area (Å²) in [6.07, 6.45) is 8.25. The highest BCUT2D eigenvalue weighted by atomic mass is 32.2. The molecule has 0 aliphatic heterocycles. The Balaban J connectivity index is 1.89. The van der Waals surface area contributed by atoms with Crippen molar-refractivity contribution in [3.8, 4) is 11.1 Å². The summed E-state index contributed by atoms with van der Waals surface area (Å²) in [5.74, 6) is 0. The van der Waals surface area contributed by atoms with Gasteiger partial charge in [0.25, 0.3) is 0 Å². The predicted octanol–water partition coefficient (Wildman–Crippen LogP) is 5.41. The standard InChI is InChI=1S/C25H24N4O2S/c1-19(29(22-10-6-14-26-17-22)23-11-7-15-27-18-23)25-16-21(28-32(2,30)31)12-13-24(25)20-8-4-3-5-9-20/h3-19,28H,1-2H3. The fourth-order valence-corrected chi connectivity index (χ4v) is 4.35. The van der Waals surface area contributed by atoms with Gasteiger partial charge in [-0.3, -0.25) is 14.7 Å². The molecule has 0 fully saturated rings. The van der Waals surface area contributed by atoms with Gasteiger partial charge >= 0.3 is 0 Å². The molecule has 0 saturated carbocycles. The normalized spacial score (nSPS) is 12.2. The Morgan fingerprint density at radius 1 is 0.844 bits per heavy atom. The van der Waals surface area contributed by atoms with E-state index in [0.29, 0.717) is 5.69 Å². The highest BCUT2D eigenvalue weighted by Gasteiger charge is 2.23. The van der Waals surface area contributed by atoms with E-state index in [2.05, 4.69) is 26.5 Å². The van der Waals surface area contributed by atoms with E-state index < -0.39 is 10.0 Å². The number of nitrogens with one attached hydrogen (secondary N) is 1. The second-order valence-electron chi connectivity index (χ2n) is 7.51. The second-order valence-corrected chi connectivity index (χ2v) is 9.26. The molecular formula is C25H24N4O2S. The summed E-state index contributed by atoms with van der Waals surface area (Å²) in [7, 11) is -3.41. The average Bonchev–Trinajstić information content (AvgIpc) is 2.80. The maximum absolute atomic E-state index is 11.9. The van der Waals surface area contributed by atoms with Gasteiger partial charge in [0.05, 0.1) is 36.1 Å². The van der Waals surface area contributed by atoms with E-state index in [1.165, 1.54) is 0 Å². The molecule has 2 aromatic heterocycles. The van der Waals surface area contributed by atoms with Crippen molar-refractivity contribution < 1.29 is 8.42 Å². The number of sulfonamides is 1. The van der Waals surface area contributed by atoms with Gasteiger partial charge in [0.1, 0.15) is 0 Å². The maximum atomic E-state index is 11.9. The molecule has 2 heterocycles. The topological polar surface area (TPSA) is 75.2 Å². The summed E-state index contributed by atoms with van der Waals surface area (Å²) in [6, 6.07) is 23.3. The molecule has 1 unspecified atom stereocenters. The van der Waals surface area contributed by atoms with Crippen LogP contribution in [0.25, 0.3) is 11.1 Å². The molecule has 1 N–H and O–H groups in total. The van der Waals surface area contributed by atoms with Gasteiger partial charge in [-0.1, -0.05) is 36.4 Å². The van der Waals surface area contributed by atoms with Crippen molar-refractivity contribution in [2.24, 2.45) is 0 Å². The average molecular weight is 445 g/mol. The van der Waals surface area contributed by atoms with Crippen molar-refractivity contribution >= 4 is 27.1 Å². The highest BCUT2D eigenvalue weighted by molar-refractivity contribution is 7.92. The maximum Gasteiger partial charge on any atom is 0.229 e. The largest absolute Gasteiger partial charge is 0.332 e. The van der Waals surface area contributed by atoms with E-state index in [1.54, 1.807) is 18.5 Å². The number of benzene rings is 2. The van der Waals surface area contributed by atoms with Gasteiger partial charge in [0, 0.05) is 18.1 Å². The first-order valence-electron chi connectivity index (χ1n) is 10.2.